The Bertz CT molecular complexity index is 1080. The Morgan fingerprint density at radius 1 is 1.12 bits per heavy atom. The lowest BCUT2D eigenvalue weighted by molar-refractivity contribution is 0.0588. The summed E-state index contributed by atoms with van der Waals surface area (Å²) >= 11 is 0. The zero-order valence-corrected chi connectivity index (χ0v) is 14.1. The molecule has 0 saturated carbocycles. The quantitative estimate of drug-likeness (QED) is 0.728. The van der Waals surface area contributed by atoms with Gasteiger partial charge >= 0.3 is 11.9 Å². The zero-order valence-electron chi connectivity index (χ0n) is 14.1. The molecule has 1 aromatic heterocycles. The summed E-state index contributed by atoms with van der Waals surface area (Å²) in [6.45, 7) is 0. The maximum atomic E-state index is 12.1. The predicted molar refractivity (Wildman–Crippen MR) is 95.1 cm³/mol. The van der Waals surface area contributed by atoms with Gasteiger partial charge in [0.05, 0.1) is 31.0 Å². The van der Waals surface area contributed by atoms with E-state index < -0.39 is 11.9 Å². The van der Waals surface area contributed by atoms with Crippen LogP contribution in [0.25, 0.3) is 16.5 Å². The SMILES string of the molecule is COC(=O)c1cccc2cc(-n3cc(C#N)c(N)c3C(=O)OC)ccc12. The van der Waals surface area contributed by atoms with Gasteiger partial charge in [0.2, 0.25) is 0 Å². The molecule has 130 valence electrons. The van der Waals surface area contributed by atoms with E-state index in [1.807, 2.05) is 12.1 Å². The summed E-state index contributed by atoms with van der Waals surface area (Å²) in [4.78, 5) is 24.0. The normalized spacial score (nSPS) is 10.3. The first-order valence-electron chi connectivity index (χ1n) is 7.62. The molecule has 2 aromatic carbocycles. The van der Waals surface area contributed by atoms with Crippen molar-refractivity contribution in [1.82, 2.24) is 4.57 Å². The Labute approximate surface area is 149 Å². The molecule has 0 amide bonds. The van der Waals surface area contributed by atoms with E-state index in [0.29, 0.717) is 16.6 Å². The lowest BCUT2D eigenvalue weighted by atomic mass is 10.0. The van der Waals surface area contributed by atoms with Crippen LogP contribution in [0.15, 0.2) is 42.6 Å². The van der Waals surface area contributed by atoms with Crippen molar-refractivity contribution in [2.75, 3.05) is 20.0 Å². The Hall–Kier alpha value is -3.79. The first kappa shape index (κ1) is 17.0. The fraction of sp³-hybridized carbons (Fsp3) is 0.105. The van der Waals surface area contributed by atoms with Gasteiger partial charge < -0.3 is 19.8 Å². The zero-order chi connectivity index (χ0) is 18.8. The molecule has 7 nitrogen and oxygen atoms in total. The predicted octanol–water partition coefficient (Wildman–Crippen LogP) is 2.66. The van der Waals surface area contributed by atoms with Crippen molar-refractivity contribution in [3.8, 4) is 11.8 Å². The monoisotopic (exact) mass is 349 g/mol. The number of methoxy groups -OCH3 is 2. The van der Waals surface area contributed by atoms with Crippen molar-refractivity contribution in [3.63, 3.8) is 0 Å². The summed E-state index contributed by atoms with van der Waals surface area (Å²) in [5.74, 6) is -1.08. The minimum Gasteiger partial charge on any atom is -0.465 e. The average molecular weight is 349 g/mol. The number of esters is 2. The standard InChI is InChI=1S/C19H15N3O4/c1-25-18(23)15-5-3-4-11-8-13(6-7-14(11)15)22-10-12(9-20)16(21)17(22)19(24)26-2/h3-8,10H,21H2,1-2H3. The van der Waals surface area contributed by atoms with E-state index in [2.05, 4.69) is 0 Å². The molecule has 2 N–H and O–H groups in total. The lowest BCUT2D eigenvalue weighted by Gasteiger charge is -2.11. The molecular weight excluding hydrogens is 334 g/mol. The van der Waals surface area contributed by atoms with Crippen molar-refractivity contribution in [2.24, 2.45) is 0 Å². The van der Waals surface area contributed by atoms with Gasteiger partial charge in [0, 0.05) is 11.9 Å². The fourth-order valence-electron chi connectivity index (χ4n) is 2.83. The van der Waals surface area contributed by atoms with Gasteiger partial charge in [0.15, 0.2) is 5.69 Å². The minimum absolute atomic E-state index is 0.0581. The van der Waals surface area contributed by atoms with E-state index in [1.54, 1.807) is 30.3 Å². The first-order valence-corrected chi connectivity index (χ1v) is 7.62. The number of anilines is 1. The summed E-state index contributed by atoms with van der Waals surface area (Å²) in [6, 6.07) is 12.5. The maximum Gasteiger partial charge on any atom is 0.357 e. The molecule has 1 heterocycles. The number of hydrogen-bond acceptors (Lipinski definition) is 6. The second kappa shape index (κ2) is 6.61. The number of nitrogen functional groups attached to an aromatic ring is 1. The summed E-state index contributed by atoms with van der Waals surface area (Å²) in [5.41, 5.74) is 7.27. The van der Waals surface area contributed by atoms with Crippen LogP contribution in [0.2, 0.25) is 0 Å². The molecule has 0 radical (unpaired) electrons. The highest BCUT2D eigenvalue weighted by Gasteiger charge is 2.22. The van der Waals surface area contributed by atoms with Gasteiger partial charge in [-0.05, 0) is 29.0 Å². The fourth-order valence-corrected chi connectivity index (χ4v) is 2.83. The van der Waals surface area contributed by atoms with Crippen LogP contribution in [-0.4, -0.2) is 30.7 Å². The molecule has 26 heavy (non-hydrogen) atoms. The number of nitriles is 1. The number of fused-ring (bicyclic) bond motifs is 1. The average Bonchev–Trinajstić information content (AvgIpc) is 3.02. The van der Waals surface area contributed by atoms with E-state index in [4.69, 9.17) is 15.2 Å². The molecule has 0 atom stereocenters. The number of nitrogens with two attached hydrogens (primary N) is 1. The second-order valence-electron chi connectivity index (χ2n) is 5.48. The molecule has 0 saturated heterocycles. The van der Waals surface area contributed by atoms with Crippen molar-refractivity contribution in [1.29, 1.82) is 5.26 Å². The molecule has 0 aliphatic rings. The highest BCUT2D eigenvalue weighted by Crippen LogP contribution is 2.28. The number of carbonyl (C=O) groups is 2. The minimum atomic E-state index is -0.646. The van der Waals surface area contributed by atoms with E-state index in [1.165, 1.54) is 25.0 Å². The highest BCUT2D eigenvalue weighted by molar-refractivity contribution is 6.05. The number of hydrogen-bond donors (Lipinski definition) is 1. The van der Waals surface area contributed by atoms with E-state index >= 15 is 0 Å². The van der Waals surface area contributed by atoms with Crippen LogP contribution >= 0.6 is 0 Å². The van der Waals surface area contributed by atoms with Gasteiger partial charge in [-0.1, -0.05) is 18.2 Å². The summed E-state index contributed by atoms with van der Waals surface area (Å²) in [7, 11) is 2.57. The van der Waals surface area contributed by atoms with E-state index in [9.17, 15) is 14.9 Å². The number of nitrogens with zero attached hydrogens (tertiary/aromatic N) is 2. The van der Waals surface area contributed by atoms with Gasteiger partial charge in [-0.15, -0.1) is 0 Å². The number of aromatic nitrogens is 1. The van der Waals surface area contributed by atoms with E-state index in [0.717, 1.165) is 5.39 Å². The topological polar surface area (TPSA) is 107 Å². The van der Waals surface area contributed by atoms with Crippen molar-refractivity contribution in [3.05, 3.63) is 59.4 Å². The lowest BCUT2D eigenvalue weighted by Crippen LogP contribution is -2.11. The van der Waals surface area contributed by atoms with Crippen LogP contribution in [0.4, 0.5) is 5.69 Å². The van der Waals surface area contributed by atoms with Crippen molar-refractivity contribution in [2.45, 2.75) is 0 Å². The molecule has 0 bridgehead atoms. The molecule has 3 aromatic rings. The largest absolute Gasteiger partial charge is 0.465 e. The molecule has 7 heteroatoms. The summed E-state index contributed by atoms with van der Waals surface area (Å²) < 4.78 is 11.1. The first-order chi connectivity index (χ1) is 12.5. The molecule has 0 spiro atoms. The molecule has 0 fully saturated rings. The van der Waals surface area contributed by atoms with Crippen LogP contribution in [0.5, 0.6) is 0 Å². The molecule has 0 unspecified atom stereocenters. The van der Waals surface area contributed by atoms with Gasteiger partial charge in [-0.2, -0.15) is 5.26 Å². The number of rotatable bonds is 3. The molecule has 0 aliphatic carbocycles. The van der Waals surface area contributed by atoms with Crippen LogP contribution in [0.3, 0.4) is 0 Å². The third-order valence-electron chi connectivity index (χ3n) is 4.09. The van der Waals surface area contributed by atoms with Crippen LogP contribution in [-0.2, 0) is 9.47 Å². The van der Waals surface area contributed by atoms with Crippen LogP contribution < -0.4 is 5.73 Å². The molecule has 0 aliphatic heterocycles. The van der Waals surface area contributed by atoms with Crippen molar-refractivity contribution >= 4 is 28.4 Å². The highest BCUT2D eigenvalue weighted by atomic mass is 16.5. The second-order valence-corrected chi connectivity index (χ2v) is 5.48. The van der Waals surface area contributed by atoms with Crippen LogP contribution in [0, 0.1) is 11.3 Å². The Morgan fingerprint density at radius 2 is 1.85 bits per heavy atom. The molecular formula is C19H15N3O4. The summed E-state index contributed by atoms with van der Waals surface area (Å²) in [6.07, 6.45) is 1.48. The van der Waals surface area contributed by atoms with E-state index in [-0.39, 0.29) is 16.9 Å². The third kappa shape index (κ3) is 2.63. The third-order valence-corrected chi connectivity index (χ3v) is 4.09. The summed E-state index contributed by atoms with van der Waals surface area (Å²) in [5, 5.41) is 10.7. The van der Waals surface area contributed by atoms with Gasteiger partial charge in [-0.25, -0.2) is 9.59 Å². The number of ether oxygens (including phenoxy) is 2. The van der Waals surface area contributed by atoms with Crippen LogP contribution in [0.1, 0.15) is 26.4 Å². The Kier molecular flexibility index (Phi) is 4.33. The van der Waals surface area contributed by atoms with Gasteiger partial charge in [0.1, 0.15) is 6.07 Å². The number of carbonyl (C=O) groups excluding carboxylic acids is 2. The molecule has 3 rings (SSSR count). The van der Waals surface area contributed by atoms with Crippen molar-refractivity contribution < 1.29 is 19.1 Å². The Balaban J connectivity index is 2.23. The van der Waals surface area contributed by atoms with Gasteiger partial charge in [-0.3, -0.25) is 0 Å². The maximum absolute atomic E-state index is 12.1. The van der Waals surface area contributed by atoms with Gasteiger partial charge in [0.25, 0.3) is 0 Å². The number of benzene rings is 2. The Morgan fingerprint density at radius 3 is 2.50 bits per heavy atom. The smallest absolute Gasteiger partial charge is 0.357 e.